The summed E-state index contributed by atoms with van der Waals surface area (Å²) in [5.74, 6) is 0.658. The standard InChI is InChI=1S/C17H23N3/c1-12(2)11-20-8-7-16(18)17(20)15-10-19-9-13-5-3-4-6-14(13)15/h3-6,9-10,12,16-17H,7-8,11,18H2,1-2H3. The maximum Gasteiger partial charge on any atom is 0.0521 e. The van der Waals surface area contributed by atoms with Gasteiger partial charge in [0.05, 0.1) is 6.04 Å². The molecule has 0 spiro atoms. The second kappa shape index (κ2) is 5.51. The van der Waals surface area contributed by atoms with Crippen molar-refractivity contribution in [1.29, 1.82) is 0 Å². The lowest BCUT2D eigenvalue weighted by atomic mass is 9.97. The number of rotatable bonds is 3. The number of aromatic nitrogens is 1. The molecule has 0 bridgehead atoms. The van der Waals surface area contributed by atoms with Gasteiger partial charge in [-0.05, 0) is 23.3 Å². The van der Waals surface area contributed by atoms with E-state index in [0.717, 1.165) is 19.5 Å². The number of pyridine rings is 1. The van der Waals surface area contributed by atoms with Crippen molar-refractivity contribution < 1.29 is 0 Å². The van der Waals surface area contributed by atoms with Crippen molar-refractivity contribution in [3.05, 3.63) is 42.2 Å². The lowest BCUT2D eigenvalue weighted by Gasteiger charge is -2.29. The van der Waals surface area contributed by atoms with Crippen LogP contribution in [-0.4, -0.2) is 29.0 Å². The zero-order valence-corrected chi connectivity index (χ0v) is 12.3. The summed E-state index contributed by atoms with van der Waals surface area (Å²) in [6, 6.07) is 8.98. The Morgan fingerprint density at radius 2 is 2.10 bits per heavy atom. The van der Waals surface area contributed by atoms with Crippen LogP contribution < -0.4 is 5.73 Å². The van der Waals surface area contributed by atoms with Crippen molar-refractivity contribution in [3.63, 3.8) is 0 Å². The molecule has 2 heterocycles. The number of hydrogen-bond donors (Lipinski definition) is 1. The Morgan fingerprint density at radius 1 is 1.30 bits per heavy atom. The quantitative estimate of drug-likeness (QED) is 0.931. The average molecular weight is 269 g/mol. The van der Waals surface area contributed by atoms with Crippen LogP contribution in [0.2, 0.25) is 0 Å². The summed E-state index contributed by atoms with van der Waals surface area (Å²) in [5, 5.41) is 2.49. The molecule has 3 nitrogen and oxygen atoms in total. The van der Waals surface area contributed by atoms with E-state index in [9.17, 15) is 0 Å². The lowest BCUT2D eigenvalue weighted by Crippen LogP contribution is -2.34. The van der Waals surface area contributed by atoms with E-state index in [0.29, 0.717) is 12.0 Å². The summed E-state index contributed by atoms with van der Waals surface area (Å²) in [4.78, 5) is 6.95. The van der Waals surface area contributed by atoms with Crippen molar-refractivity contribution in [2.24, 2.45) is 11.7 Å². The van der Waals surface area contributed by atoms with Gasteiger partial charge in [0.1, 0.15) is 0 Å². The van der Waals surface area contributed by atoms with Gasteiger partial charge in [0, 0.05) is 36.9 Å². The van der Waals surface area contributed by atoms with Gasteiger partial charge in [0.2, 0.25) is 0 Å². The Kier molecular flexibility index (Phi) is 3.72. The molecule has 0 aliphatic carbocycles. The highest BCUT2D eigenvalue weighted by Crippen LogP contribution is 2.35. The van der Waals surface area contributed by atoms with Crippen LogP contribution >= 0.6 is 0 Å². The van der Waals surface area contributed by atoms with Gasteiger partial charge in [0.25, 0.3) is 0 Å². The van der Waals surface area contributed by atoms with E-state index in [1.165, 1.54) is 16.3 Å². The molecular formula is C17H23N3. The number of fused-ring (bicyclic) bond motifs is 1. The fourth-order valence-electron chi connectivity index (χ4n) is 3.36. The summed E-state index contributed by atoms with van der Waals surface area (Å²) in [7, 11) is 0. The zero-order chi connectivity index (χ0) is 14.1. The normalized spacial score (nSPS) is 23.8. The van der Waals surface area contributed by atoms with Gasteiger partial charge in [-0.2, -0.15) is 0 Å². The monoisotopic (exact) mass is 269 g/mol. The minimum Gasteiger partial charge on any atom is -0.326 e. The summed E-state index contributed by atoms with van der Waals surface area (Å²) < 4.78 is 0. The predicted molar refractivity (Wildman–Crippen MR) is 83.5 cm³/mol. The Balaban J connectivity index is 2.04. The van der Waals surface area contributed by atoms with Crippen LogP contribution in [0.25, 0.3) is 10.8 Å². The molecule has 1 aliphatic heterocycles. The minimum absolute atomic E-state index is 0.210. The lowest BCUT2D eigenvalue weighted by molar-refractivity contribution is 0.222. The van der Waals surface area contributed by atoms with Crippen LogP contribution in [0.5, 0.6) is 0 Å². The molecule has 0 saturated carbocycles. The van der Waals surface area contributed by atoms with Crippen molar-refractivity contribution in [1.82, 2.24) is 9.88 Å². The Labute approximate surface area is 120 Å². The van der Waals surface area contributed by atoms with Gasteiger partial charge < -0.3 is 5.73 Å². The molecule has 1 aliphatic rings. The molecule has 2 N–H and O–H groups in total. The SMILES string of the molecule is CC(C)CN1CCC(N)C1c1cncc2ccccc12. The van der Waals surface area contributed by atoms with Crippen LogP contribution in [0.3, 0.4) is 0 Å². The number of likely N-dealkylation sites (tertiary alicyclic amines) is 1. The van der Waals surface area contributed by atoms with Gasteiger partial charge >= 0.3 is 0 Å². The van der Waals surface area contributed by atoms with Crippen LogP contribution in [0.15, 0.2) is 36.7 Å². The maximum atomic E-state index is 6.40. The zero-order valence-electron chi connectivity index (χ0n) is 12.3. The van der Waals surface area contributed by atoms with E-state index < -0.39 is 0 Å². The molecule has 0 radical (unpaired) electrons. The first-order valence-corrected chi connectivity index (χ1v) is 7.49. The molecular weight excluding hydrogens is 246 g/mol. The van der Waals surface area contributed by atoms with Crippen LogP contribution in [-0.2, 0) is 0 Å². The molecule has 2 atom stereocenters. The van der Waals surface area contributed by atoms with Gasteiger partial charge in [-0.25, -0.2) is 0 Å². The molecule has 0 amide bonds. The maximum absolute atomic E-state index is 6.40. The molecule has 2 aromatic rings. The first-order chi connectivity index (χ1) is 9.66. The largest absolute Gasteiger partial charge is 0.326 e. The second-order valence-electron chi connectivity index (χ2n) is 6.24. The van der Waals surface area contributed by atoms with E-state index in [1.54, 1.807) is 0 Å². The second-order valence-corrected chi connectivity index (χ2v) is 6.24. The fraction of sp³-hybridized carbons (Fsp3) is 0.471. The van der Waals surface area contributed by atoms with Gasteiger partial charge in [-0.15, -0.1) is 0 Å². The van der Waals surface area contributed by atoms with Crippen molar-refractivity contribution in [2.45, 2.75) is 32.4 Å². The number of hydrogen-bond acceptors (Lipinski definition) is 3. The predicted octanol–water partition coefficient (Wildman–Crippen LogP) is 2.96. The first kappa shape index (κ1) is 13.5. The van der Waals surface area contributed by atoms with Crippen LogP contribution in [0, 0.1) is 5.92 Å². The third-order valence-electron chi connectivity index (χ3n) is 4.17. The van der Waals surface area contributed by atoms with Crippen molar-refractivity contribution in [3.8, 4) is 0 Å². The smallest absolute Gasteiger partial charge is 0.0521 e. The third kappa shape index (κ3) is 2.43. The van der Waals surface area contributed by atoms with Gasteiger partial charge in [0.15, 0.2) is 0 Å². The van der Waals surface area contributed by atoms with Gasteiger partial charge in [-0.1, -0.05) is 38.1 Å². The number of nitrogens with two attached hydrogens (primary N) is 1. The summed E-state index contributed by atoms with van der Waals surface area (Å²) in [5.41, 5.74) is 7.68. The van der Waals surface area contributed by atoms with E-state index in [2.05, 4.69) is 48.0 Å². The highest BCUT2D eigenvalue weighted by atomic mass is 15.2. The molecule has 3 rings (SSSR count). The minimum atomic E-state index is 0.210. The molecule has 1 fully saturated rings. The molecule has 1 aromatic carbocycles. The number of nitrogens with zero attached hydrogens (tertiary/aromatic N) is 2. The van der Waals surface area contributed by atoms with Crippen LogP contribution in [0.1, 0.15) is 31.9 Å². The summed E-state index contributed by atoms with van der Waals surface area (Å²) in [6.07, 6.45) is 5.01. The molecule has 106 valence electrons. The molecule has 2 unspecified atom stereocenters. The van der Waals surface area contributed by atoms with Crippen LogP contribution in [0.4, 0.5) is 0 Å². The third-order valence-corrected chi connectivity index (χ3v) is 4.17. The topological polar surface area (TPSA) is 42.1 Å². The molecule has 1 aromatic heterocycles. The highest BCUT2D eigenvalue weighted by molar-refractivity contribution is 5.85. The van der Waals surface area contributed by atoms with E-state index in [4.69, 9.17) is 5.73 Å². The van der Waals surface area contributed by atoms with Crippen molar-refractivity contribution >= 4 is 10.8 Å². The number of benzene rings is 1. The average Bonchev–Trinajstić information content (AvgIpc) is 2.78. The Morgan fingerprint density at radius 3 is 2.90 bits per heavy atom. The Hall–Kier alpha value is -1.45. The first-order valence-electron chi connectivity index (χ1n) is 7.49. The van der Waals surface area contributed by atoms with Gasteiger partial charge in [-0.3, -0.25) is 9.88 Å². The van der Waals surface area contributed by atoms with Crippen molar-refractivity contribution in [2.75, 3.05) is 13.1 Å². The highest BCUT2D eigenvalue weighted by Gasteiger charge is 2.34. The molecule has 1 saturated heterocycles. The fourth-order valence-corrected chi connectivity index (χ4v) is 3.36. The molecule has 3 heteroatoms. The van der Waals surface area contributed by atoms with E-state index >= 15 is 0 Å². The molecule has 20 heavy (non-hydrogen) atoms. The van der Waals surface area contributed by atoms with E-state index in [1.807, 2.05) is 12.4 Å². The Bertz CT molecular complexity index is 588. The van der Waals surface area contributed by atoms with E-state index in [-0.39, 0.29) is 6.04 Å². The summed E-state index contributed by atoms with van der Waals surface area (Å²) in [6.45, 7) is 6.72. The summed E-state index contributed by atoms with van der Waals surface area (Å²) >= 11 is 0.